The van der Waals surface area contributed by atoms with E-state index in [9.17, 15) is 63.1 Å². The SMILES string of the molecule is CCC(C(=O)CC(=O)O)C(F)(F)C(F)(F)F.CCC(C(=O)CC(=O)O)C(F)(F)C(F)(F)F.CCCCO.CCCCO.[Zr]. The number of aliphatic hydroxyl groups excluding tert-OH is 2. The van der Waals surface area contributed by atoms with Gasteiger partial charge >= 0.3 is 36.1 Å². The molecule has 256 valence electrons. The van der Waals surface area contributed by atoms with Crippen LogP contribution in [0.5, 0.6) is 0 Å². The molecule has 0 aromatic heterocycles. The molecule has 0 heterocycles. The van der Waals surface area contributed by atoms with Crippen LogP contribution in [0.15, 0.2) is 0 Å². The number of rotatable bonds is 14. The number of carbonyl (C=O) groups excluding carboxylic acids is 2. The summed E-state index contributed by atoms with van der Waals surface area (Å²) >= 11 is 0. The molecule has 0 aromatic rings. The van der Waals surface area contributed by atoms with Crippen molar-refractivity contribution in [3.8, 4) is 0 Å². The molecule has 2 unspecified atom stereocenters. The molecule has 0 aliphatic carbocycles. The van der Waals surface area contributed by atoms with Crippen LogP contribution in [0.2, 0.25) is 0 Å². The monoisotopic (exact) mass is 734 g/mol. The molecule has 0 bridgehead atoms. The summed E-state index contributed by atoms with van der Waals surface area (Å²) in [6, 6.07) is 0. The minimum absolute atomic E-state index is 0. The summed E-state index contributed by atoms with van der Waals surface area (Å²) in [6.07, 6.45) is -11.9. The molecule has 8 nitrogen and oxygen atoms in total. The molecule has 2 atom stereocenters. The Morgan fingerprint density at radius 3 is 0.884 bits per heavy atom. The van der Waals surface area contributed by atoms with Gasteiger partial charge in [0.2, 0.25) is 0 Å². The molecule has 0 fully saturated rings. The molecular formula is C24H38F10O8Zr. The standard InChI is InChI=1S/2C8H9F5O3.2C4H10O.Zr/c2*1-2-4(5(14)3-6(15)16)7(9,10)8(11,12)13;2*1-2-3-4-5;/h2*4H,2-3H2,1H3,(H,15,16);2*5H,2-4H2,1H3;. The second kappa shape index (κ2) is 24.7. The van der Waals surface area contributed by atoms with Crippen molar-refractivity contribution in [3.63, 3.8) is 0 Å². The van der Waals surface area contributed by atoms with Crippen LogP contribution in [0.4, 0.5) is 43.9 Å². The second-order valence-electron chi connectivity index (χ2n) is 8.39. The number of carbonyl (C=O) groups is 4. The number of hydrogen-bond acceptors (Lipinski definition) is 6. The zero-order chi connectivity index (χ0) is 34.5. The Kier molecular flexibility index (Phi) is 29.3. The van der Waals surface area contributed by atoms with Gasteiger partial charge in [0, 0.05) is 39.4 Å². The average molecular weight is 736 g/mol. The Bertz CT molecular complexity index is 723. The van der Waals surface area contributed by atoms with Gasteiger partial charge in [0.05, 0.1) is 11.8 Å². The van der Waals surface area contributed by atoms with Gasteiger partial charge in [-0.3, -0.25) is 19.2 Å². The smallest absolute Gasteiger partial charge is 0.454 e. The molecule has 0 rings (SSSR count). The molecule has 0 amide bonds. The fourth-order valence-electron chi connectivity index (χ4n) is 2.63. The molecule has 0 aliphatic rings. The molecule has 0 saturated heterocycles. The number of unbranched alkanes of at least 4 members (excludes halogenated alkanes) is 2. The van der Waals surface area contributed by atoms with Gasteiger partial charge in [-0.25, -0.2) is 0 Å². The topological polar surface area (TPSA) is 149 Å². The van der Waals surface area contributed by atoms with Crippen LogP contribution in [0.3, 0.4) is 0 Å². The van der Waals surface area contributed by atoms with Gasteiger partial charge in [-0.15, -0.1) is 0 Å². The molecule has 0 aliphatic heterocycles. The second-order valence-corrected chi connectivity index (χ2v) is 8.39. The minimum Gasteiger partial charge on any atom is -0.481 e. The Hall–Kier alpha value is -1.62. The van der Waals surface area contributed by atoms with E-state index in [2.05, 4.69) is 13.8 Å². The Balaban J connectivity index is -0.000000167. The number of ketones is 2. The molecule has 0 saturated carbocycles. The van der Waals surface area contributed by atoms with Gasteiger partial charge in [-0.05, 0) is 25.7 Å². The first kappa shape index (κ1) is 51.0. The summed E-state index contributed by atoms with van der Waals surface area (Å²) in [5, 5.41) is 32.4. The third kappa shape index (κ3) is 21.7. The number of carboxylic acids is 2. The van der Waals surface area contributed by atoms with Crippen molar-refractivity contribution in [2.45, 2.75) is 103 Å². The van der Waals surface area contributed by atoms with E-state index in [1.165, 1.54) is 0 Å². The van der Waals surface area contributed by atoms with Crippen molar-refractivity contribution in [3.05, 3.63) is 0 Å². The van der Waals surface area contributed by atoms with Crippen LogP contribution in [-0.4, -0.2) is 81.3 Å². The van der Waals surface area contributed by atoms with Crippen molar-refractivity contribution in [1.82, 2.24) is 0 Å². The van der Waals surface area contributed by atoms with Crippen molar-refractivity contribution in [1.29, 1.82) is 0 Å². The first-order chi connectivity index (χ1) is 18.9. The van der Waals surface area contributed by atoms with Gasteiger partial charge < -0.3 is 20.4 Å². The predicted molar refractivity (Wildman–Crippen MR) is 128 cm³/mol. The number of alkyl halides is 10. The van der Waals surface area contributed by atoms with Crippen LogP contribution < -0.4 is 0 Å². The van der Waals surface area contributed by atoms with E-state index in [1.54, 1.807) is 0 Å². The maximum atomic E-state index is 12.8. The number of aliphatic hydroxyl groups is 2. The molecule has 0 aromatic carbocycles. The van der Waals surface area contributed by atoms with E-state index >= 15 is 0 Å². The predicted octanol–water partition coefficient (Wildman–Crippen LogP) is 6.06. The van der Waals surface area contributed by atoms with Crippen molar-refractivity contribution < 1.29 is 110 Å². The van der Waals surface area contributed by atoms with Crippen LogP contribution >= 0.6 is 0 Å². The van der Waals surface area contributed by atoms with Gasteiger partial charge in [0.1, 0.15) is 12.8 Å². The van der Waals surface area contributed by atoms with Crippen molar-refractivity contribution >= 4 is 23.5 Å². The minimum atomic E-state index is -5.86. The Morgan fingerprint density at radius 1 is 0.558 bits per heavy atom. The number of halogens is 10. The van der Waals surface area contributed by atoms with Crippen molar-refractivity contribution in [2.24, 2.45) is 11.8 Å². The van der Waals surface area contributed by atoms with Crippen LogP contribution in [0, 0.1) is 11.8 Å². The van der Waals surface area contributed by atoms with E-state index in [0.717, 1.165) is 39.5 Å². The normalized spacial score (nSPS) is 12.8. The van der Waals surface area contributed by atoms with Gasteiger partial charge in [-0.1, -0.05) is 40.5 Å². The number of Topliss-reactive ketones (excluding diaryl/α,β-unsaturated/α-hetero) is 2. The number of hydrogen-bond donors (Lipinski definition) is 4. The summed E-state index contributed by atoms with van der Waals surface area (Å²) in [5.74, 6) is -22.4. The summed E-state index contributed by atoms with van der Waals surface area (Å²) in [6.45, 7) is 6.72. The first-order valence-corrected chi connectivity index (χ1v) is 12.5. The quantitative estimate of drug-likeness (QED) is 0.124. The van der Waals surface area contributed by atoms with Gasteiger partial charge in [-0.2, -0.15) is 43.9 Å². The van der Waals surface area contributed by atoms with E-state index in [4.69, 9.17) is 20.4 Å². The summed E-state index contributed by atoms with van der Waals surface area (Å²) in [4.78, 5) is 42.0. The molecule has 19 heteroatoms. The first-order valence-electron chi connectivity index (χ1n) is 12.5. The largest absolute Gasteiger partial charge is 0.481 e. The maximum absolute atomic E-state index is 12.8. The third-order valence-electron chi connectivity index (χ3n) is 4.90. The number of aliphatic carboxylic acids is 2. The Morgan fingerprint density at radius 2 is 0.791 bits per heavy atom. The summed E-state index contributed by atoms with van der Waals surface area (Å²) in [5.41, 5.74) is 0. The summed E-state index contributed by atoms with van der Waals surface area (Å²) in [7, 11) is 0. The van der Waals surface area contributed by atoms with Gasteiger partial charge in [0.15, 0.2) is 11.6 Å². The fraction of sp³-hybridized carbons (Fsp3) is 0.833. The Labute approximate surface area is 261 Å². The molecule has 4 N–H and O–H groups in total. The maximum Gasteiger partial charge on any atom is 0.454 e. The van der Waals surface area contributed by atoms with E-state index in [1.807, 2.05) is 0 Å². The van der Waals surface area contributed by atoms with E-state index in [0.29, 0.717) is 13.2 Å². The van der Waals surface area contributed by atoms with Crippen molar-refractivity contribution in [2.75, 3.05) is 13.2 Å². The average Bonchev–Trinajstić information content (AvgIpc) is 2.79. The molecule has 0 spiro atoms. The molecule has 0 radical (unpaired) electrons. The third-order valence-corrected chi connectivity index (χ3v) is 4.90. The van der Waals surface area contributed by atoms with Crippen LogP contribution in [0.1, 0.15) is 79.1 Å². The number of carboxylic acid groups (broad SMARTS) is 2. The summed E-state index contributed by atoms with van der Waals surface area (Å²) < 4.78 is 123. The molecular weight excluding hydrogens is 697 g/mol. The van der Waals surface area contributed by atoms with E-state index < -0.39 is 85.2 Å². The van der Waals surface area contributed by atoms with Crippen LogP contribution in [0.25, 0.3) is 0 Å². The van der Waals surface area contributed by atoms with E-state index in [-0.39, 0.29) is 26.2 Å². The zero-order valence-corrected chi connectivity index (χ0v) is 26.4. The zero-order valence-electron chi connectivity index (χ0n) is 23.9. The van der Waals surface area contributed by atoms with Crippen LogP contribution in [-0.2, 0) is 45.4 Å². The molecule has 43 heavy (non-hydrogen) atoms. The van der Waals surface area contributed by atoms with Gasteiger partial charge in [0.25, 0.3) is 0 Å². The fourth-order valence-corrected chi connectivity index (χ4v) is 2.63.